The molecule has 1 aliphatic rings. The highest BCUT2D eigenvalue weighted by Gasteiger charge is 2.20. The second-order valence-corrected chi connectivity index (χ2v) is 5.00. The summed E-state index contributed by atoms with van der Waals surface area (Å²) in [6.45, 7) is 2.11. The first kappa shape index (κ1) is 11.7. The van der Waals surface area contributed by atoms with Crippen LogP contribution in [0.3, 0.4) is 0 Å². The fraction of sp³-hybridized carbons (Fsp3) is 0.385. The first-order chi connectivity index (χ1) is 8.84. The number of hydrogen-bond acceptors (Lipinski definition) is 3. The van der Waals surface area contributed by atoms with Crippen molar-refractivity contribution in [1.82, 2.24) is 20.1 Å². The van der Waals surface area contributed by atoms with Crippen LogP contribution in [0.4, 0.5) is 0 Å². The number of benzene rings is 1. The van der Waals surface area contributed by atoms with Gasteiger partial charge in [0.15, 0.2) is 0 Å². The van der Waals surface area contributed by atoms with Crippen molar-refractivity contribution in [3.05, 3.63) is 41.4 Å². The fourth-order valence-electron chi connectivity index (χ4n) is 2.40. The number of piperidine rings is 1. The Balaban J connectivity index is 1.93. The first-order valence-corrected chi connectivity index (χ1v) is 6.59. The summed E-state index contributed by atoms with van der Waals surface area (Å²) in [4.78, 5) is 0. The maximum Gasteiger partial charge on any atom is 0.140 e. The predicted octanol–water partition coefficient (Wildman–Crippen LogP) is 2.39. The Labute approximate surface area is 111 Å². The minimum Gasteiger partial charge on any atom is -0.317 e. The molecule has 1 aliphatic heterocycles. The third-order valence-corrected chi connectivity index (χ3v) is 3.64. The zero-order chi connectivity index (χ0) is 12.4. The number of aromatic nitrogens is 3. The van der Waals surface area contributed by atoms with Gasteiger partial charge in [-0.1, -0.05) is 11.6 Å². The third-order valence-electron chi connectivity index (χ3n) is 3.38. The minimum absolute atomic E-state index is 0.490. The highest BCUT2D eigenvalue weighted by molar-refractivity contribution is 6.30. The Morgan fingerprint density at radius 1 is 1.17 bits per heavy atom. The number of halogens is 1. The largest absolute Gasteiger partial charge is 0.317 e. The van der Waals surface area contributed by atoms with Crippen LogP contribution in [0.5, 0.6) is 0 Å². The average molecular weight is 263 g/mol. The zero-order valence-electron chi connectivity index (χ0n) is 10.0. The molecule has 1 aromatic carbocycles. The summed E-state index contributed by atoms with van der Waals surface area (Å²) in [5, 5.41) is 12.5. The van der Waals surface area contributed by atoms with Gasteiger partial charge in [0.25, 0.3) is 0 Å². The highest BCUT2D eigenvalue weighted by Crippen LogP contribution is 2.25. The van der Waals surface area contributed by atoms with Gasteiger partial charge in [-0.15, -0.1) is 10.2 Å². The summed E-state index contributed by atoms with van der Waals surface area (Å²) < 4.78 is 2.06. The molecule has 0 amide bonds. The van der Waals surface area contributed by atoms with E-state index in [0.29, 0.717) is 5.92 Å². The van der Waals surface area contributed by atoms with E-state index >= 15 is 0 Å². The number of nitrogens with zero attached hydrogens (tertiary/aromatic N) is 3. The molecule has 0 saturated carbocycles. The molecule has 4 nitrogen and oxygen atoms in total. The molecule has 1 N–H and O–H groups in total. The zero-order valence-corrected chi connectivity index (χ0v) is 10.8. The van der Waals surface area contributed by atoms with Gasteiger partial charge < -0.3 is 5.32 Å². The number of nitrogens with one attached hydrogen (secondary N) is 1. The average Bonchev–Trinajstić information content (AvgIpc) is 2.90. The van der Waals surface area contributed by atoms with E-state index in [4.69, 9.17) is 11.6 Å². The van der Waals surface area contributed by atoms with Gasteiger partial charge in [-0.2, -0.15) is 0 Å². The molecule has 1 fully saturated rings. The Bertz CT molecular complexity index is 514. The lowest BCUT2D eigenvalue weighted by Crippen LogP contribution is -2.28. The molecule has 0 radical (unpaired) electrons. The van der Waals surface area contributed by atoms with Crippen LogP contribution in [0.2, 0.25) is 5.02 Å². The summed E-state index contributed by atoms with van der Waals surface area (Å²) >= 11 is 5.91. The lowest BCUT2D eigenvalue weighted by Gasteiger charge is -2.22. The fourth-order valence-corrected chi connectivity index (χ4v) is 2.53. The lowest BCUT2D eigenvalue weighted by atomic mass is 9.97. The molecule has 1 saturated heterocycles. The first-order valence-electron chi connectivity index (χ1n) is 6.21. The molecule has 18 heavy (non-hydrogen) atoms. The molecule has 94 valence electrons. The van der Waals surface area contributed by atoms with Gasteiger partial charge in [-0.25, -0.2) is 0 Å². The summed E-state index contributed by atoms with van der Waals surface area (Å²) in [6, 6.07) is 7.78. The van der Waals surface area contributed by atoms with Gasteiger partial charge in [0.05, 0.1) is 0 Å². The summed E-state index contributed by atoms with van der Waals surface area (Å²) in [5.74, 6) is 1.54. The Morgan fingerprint density at radius 2 is 1.89 bits per heavy atom. The minimum atomic E-state index is 0.490. The van der Waals surface area contributed by atoms with E-state index < -0.39 is 0 Å². The van der Waals surface area contributed by atoms with Gasteiger partial charge in [-0.05, 0) is 50.2 Å². The Kier molecular flexibility index (Phi) is 3.30. The molecule has 1 aromatic heterocycles. The van der Waals surface area contributed by atoms with E-state index in [1.807, 2.05) is 24.3 Å². The van der Waals surface area contributed by atoms with Crippen LogP contribution in [-0.2, 0) is 0 Å². The van der Waals surface area contributed by atoms with Gasteiger partial charge in [0.1, 0.15) is 12.2 Å². The molecular formula is C13H15ClN4. The third kappa shape index (κ3) is 2.26. The quantitative estimate of drug-likeness (QED) is 0.904. The molecule has 2 heterocycles. The van der Waals surface area contributed by atoms with Crippen LogP contribution in [0.15, 0.2) is 30.6 Å². The topological polar surface area (TPSA) is 42.7 Å². The molecule has 0 aliphatic carbocycles. The predicted molar refractivity (Wildman–Crippen MR) is 71.2 cm³/mol. The van der Waals surface area contributed by atoms with Gasteiger partial charge >= 0.3 is 0 Å². The molecule has 5 heteroatoms. The van der Waals surface area contributed by atoms with Crippen molar-refractivity contribution in [2.24, 2.45) is 0 Å². The summed E-state index contributed by atoms with van der Waals surface area (Å²) in [7, 11) is 0. The molecule has 0 unspecified atom stereocenters. The van der Waals surface area contributed by atoms with Crippen molar-refractivity contribution in [2.75, 3.05) is 13.1 Å². The number of hydrogen-bond donors (Lipinski definition) is 1. The molecule has 2 aromatic rings. The molecule has 0 atom stereocenters. The molecule has 3 rings (SSSR count). The van der Waals surface area contributed by atoms with Crippen LogP contribution in [0, 0.1) is 0 Å². The Hall–Kier alpha value is -1.39. The summed E-state index contributed by atoms with van der Waals surface area (Å²) in [6.07, 6.45) is 4.01. The maximum absolute atomic E-state index is 5.91. The van der Waals surface area contributed by atoms with E-state index in [1.54, 1.807) is 6.33 Å². The van der Waals surface area contributed by atoms with E-state index in [2.05, 4.69) is 20.1 Å². The second-order valence-electron chi connectivity index (χ2n) is 4.56. The van der Waals surface area contributed by atoms with Gasteiger partial charge in [-0.3, -0.25) is 4.57 Å². The van der Waals surface area contributed by atoms with Gasteiger partial charge in [0, 0.05) is 16.6 Å². The van der Waals surface area contributed by atoms with E-state index in [9.17, 15) is 0 Å². The van der Waals surface area contributed by atoms with Crippen LogP contribution in [0.1, 0.15) is 24.6 Å². The van der Waals surface area contributed by atoms with E-state index in [-0.39, 0.29) is 0 Å². The lowest BCUT2D eigenvalue weighted by molar-refractivity contribution is 0.440. The second kappa shape index (κ2) is 5.08. The van der Waals surface area contributed by atoms with Crippen molar-refractivity contribution in [3.8, 4) is 5.69 Å². The van der Waals surface area contributed by atoms with Gasteiger partial charge in [0.2, 0.25) is 0 Å². The van der Waals surface area contributed by atoms with Crippen LogP contribution in [0.25, 0.3) is 5.69 Å². The normalized spacial score (nSPS) is 16.9. The molecule has 0 bridgehead atoms. The van der Waals surface area contributed by atoms with E-state index in [1.165, 1.54) is 0 Å². The van der Waals surface area contributed by atoms with Crippen molar-refractivity contribution in [2.45, 2.75) is 18.8 Å². The smallest absolute Gasteiger partial charge is 0.140 e. The number of rotatable bonds is 2. The summed E-state index contributed by atoms with van der Waals surface area (Å²) in [5.41, 5.74) is 1.07. The van der Waals surface area contributed by atoms with Crippen molar-refractivity contribution >= 4 is 11.6 Å². The van der Waals surface area contributed by atoms with Crippen LogP contribution in [-0.4, -0.2) is 27.9 Å². The highest BCUT2D eigenvalue weighted by atomic mass is 35.5. The van der Waals surface area contributed by atoms with Crippen molar-refractivity contribution < 1.29 is 0 Å². The Morgan fingerprint density at radius 3 is 2.61 bits per heavy atom. The SMILES string of the molecule is Clc1ccc(-n2cnnc2C2CCNCC2)cc1. The van der Waals surface area contributed by atoms with E-state index in [0.717, 1.165) is 42.5 Å². The van der Waals surface area contributed by atoms with Crippen LogP contribution < -0.4 is 5.32 Å². The monoisotopic (exact) mass is 262 g/mol. The maximum atomic E-state index is 5.91. The molecule has 0 spiro atoms. The van der Waals surface area contributed by atoms with Crippen molar-refractivity contribution in [1.29, 1.82) is 0 Å². The van der Waals surface area contributed by atoms with Crippen LogP contribution >= 0.6 is 11.6 Å². The standard InChI is InChI=1S/C13H15ClN4/c14-11-1-3-12(4-2-11)18-9-16-17-13(18)10-5-7-15-8-6-10/h1-4,9-10,15H,5-8H2. The molecular weight excluding hydrogens is 248 g/mol. The van der Waals surface area contributed by atoms with Crippen molar-refractivity contribution in [3.63, 3.8) is 0 Å².